The molecule has 0 aliphatic heterocycles. The Balaban J connectivity index is 1.79. The van der Waals surface area contributed by atoms with E-state index in [2.05, 4.69) is 31.5 Å². The van der Waals surface area contributed by atoms with E-state index in [9.17, 15) is 4.79 Å². The molecule has 1 amide bonds. The van der Waals surface area contributed by atoms with Gasteiger partial charge < -0.3 is 15.5 Å². The number of aryl methyl sites for hydroxylation is 1. The third kappa shape index (κ3) is 5.28. The van der Waals surface area contributed by atoms with Gasteiger partial charge in [-0.3, -0.25) is 4.79 Å². The summed E-state index contributed by atoms with van der Waals surface area (Å²) >= 11 is 3.45. The predicted octanol–water partition coefficient (Wildman–Crippen LogP) is 4.26. The normalized spacial score (nSPS) is 10.3. The van der Waals surface area contributed by atoms with Crippen LogP contribution in [-0.2, 0) is 4.79 Å². The van der Waals surface area contributed by atoms with Crippen molar-refractivity contribution >= 4 is 38.9 Å². The highest BCUT2D eigenvalue weighted by molar-refractivity contribution is 9.10. The molecule has 5 heteroatoms. The third-order valence-corrected chi connectivity index (χ3v) is 4.40. The van der Waals surface area contributed by atoms with Gasteiger partial charge in [-0.25, -0.2) is 0 Å². The van der Waals surface area contributed by atoms with Crippen LogP contribution >= 0.6 is 15.9 Å². The average Bonchev–Trinajstić information content (AvgIpc) is 2.51. The van der Waals surface area contributed by atoms with E-state index in [0.717, 1.165) is 27.1 Å². The summed E-state index contributed by atoms with van der Waals surface area (Å²) < 4.78 is 1.04. The van der Waals surface area contributed by atoms with Crippen LogP contribution in [0.25, 0.3) is 0 Å². The molecule has 2 rings (SSSR count). The maximum Gasteiger partial charge on any atom is 0.226 e. The number of amides is 1. The van der Waals surface area contributed by atoms with Crippen molar-refractivity contribution in [2.45, 2.75) is 13.3 Å². The lowest BCUT2D eigenvalue weighted by Crippen LogP contribution is -2.16. The minimum atomic E-state index is 0.00383. The Morgan fingerprint density at radius 2 is 1.74 bits per heavy atom. The van der Waals surface area contributed by atoms with Crippen LogP contribution in [0.15, 0.2) is 46.9 Å². The van der Waals surface area contributed by atoms with Crippen molar-refractivity contribution in [1.29, 1.82) is 0 Å². The molecule has 0 fully saturated rings. The molecule has 0 saturated heterocycles. The number of hydrogen-bond donors (Lipinski definition) is 2. The van der Waals surface area contributed by atoms with Gasteiger partial charge in [0.05, 0.1) is 0 Å². The Hall–Kier alpha value is -2.01. The lowest BCUT2D eigenvalue weighted by atomic mass is 10.2. The first-order valence-corrected chi connectivity index (χ1v) is 8.32. The van der Waals surface area contributed by atoms with E-state index < -0.39 is 0 Å². The fraction of sp³-hybridized carbons (Fsp3) is 0.278. The van der Waals surface area contributed by atoms with E-state index in [-0.39, 0.29) is 5.91 Å². The molecule has 0 bridgehead atoms. The molecule has 0 spiro atoms. The molecule has 2 aromatic carbocycles. The van der Waals surface area contributed by atoms with E-state index in [0.29, 0.717) is 13.0 Å². The molecule has 0 unspecified atom stereocenters. The fourth-order valence-electron chi connectivity index (χ4n) is 2.14. The second-order valence-electron chi connectivity index (χ2n) is 5.63. The zero-order valence-corrected chi connectivity index (χ0v) is 15.3. The molecule has 4 nitrogen and oxygen atoms in total. The minimum Gasteiger partial charge on any atom is -0.385 e. The van der Waals surface area contributed by atoms with Gasteiger partial charge in [0.1, 0.15) is 0 Å². The van der Waals surface area contributed by atoms with E-state index in [1.807, 2.05) is 63.5 Å². The second-order valence-corrected chi connectivity index (χ2v) is 6.48. The van der Waals surface area contributed by atoms with Crippen LogP contribution in [-0.4, -0.2) is 26.5 Å². The fourth-order valence-corrected chi connectivity index (χ4v) is 2.39. The number of hydrogen-bond acceptors (Lipinski definition) is 3. The largest absolute Gasteiger partial charge is 0.385 e. The Bertz CT molecular complexity index is 668. The molecular weight excluding hydrogens is 354 g/mol. The Morgan fingerprint density at radius 3 is 2.35 bits per heavy atom. The number of nitrogens with one attached hydrogen (secondary N) is 2. The molecule has 2 N–H and O–H groups in total. The lowest BCUT2D eigenvalue weighted by molar-refractivity contribution is -0.115. The summed E-state index contributed by atoms with van der Waals surface area (Å²) in [5.74, 6) is 0.00383. The van der Waals surface area contributed by atoms with Crippen molar-refractivity contribution in [2.24, 2.45) is 0 Å². The van der Waals surface area contributed by atoms with E-state index in [1.54, 1.807) is 0 Å². The first-order chi connectivity index (χ1) is 11.0. The quantitative estimate of drug-likeness (QED) is 0.792. The van der Waals surface area contributed by atoms with Crippen LogP contribution in [0.5, 0.6) is 0 Å². The van der Waals surface area contributed by atoms with Crippen LogP contribution in [0.2, 0.25) is 0 Å². The number of nitrogens with zero attached hydrogens (tertiary/aromatic N) is 1. The molecule has 0 saturated carbocycles. The molecule has 0 heterocycles. The summed E-state index contributed by atoms with van der Waals surface area (Å²) in [7, 11) is 4.02. The van der Waals surface area contributed by atoms with Gasteiger partial charge in [-0.2, -0.15) is 0 Å². The molecule has 23 heavy (non-hydrogen) atoms. The van der Waals surface area contributed by atoms with Gasteiger partial charge >= 0.3 is 0 Å². The number of rotatable bonds is 6. The van der Waals surface area contributed by atoms with Crippen molar-refractivity contribution < 1.29 is 4.79 Å². The molecular formula is C18H22BrN3O. The number of benzene rings is 2. The van der Waals surface area contributed by atoms with Gasteiger partial charge in [0.15, 0.2) is 0 Å². The van der Waals surface area contributed by atoms with Crippen molar-refractivity contribution in [2.75, 3.05) is 36.2 Å². The molecule has 0 radical (unpaired) electrons. The molecule has 2 aromatic rings. The average molecular weight is 376 g/mol. The van der Waals surface area contributed by atoms with Crippen molar-refractivity contribution in [3.63, 3.8) is 0 Å². The predicted molar refractivity (Wildman–Crippen MR) is 101 cm³/mol. The van der Waals surface area contributed by atoms with Crippen LogP contribution < -0.4 is 15.5 Å². The summed E-state index contributed by atoms with van der Waals surface area (Å²) in [6.07, 6.45) is 0.421. The van der Waals surface area contributed by atoms with E-state index in [4.69, 9.17) is 0 Å². The van der Waals surface area contributed by atoms with Crippen molar-refractivity contribution in [1.82, 2.24) is 0 Å². The van der Waals surface area contributed by atoms with Gasteiger partial charge in [0.2, 0.25) is 5.91 Å². The standard InChI is InChI=1S/C18H22BrN3O/c1-13-12-15(6-9-17(13)19)21-18(23)10-11-20-14-4-7-16(8-5-14)22(2)3/h4-9,12,20H,10-11H2,1-3H3,(H,21,23). The van der Waals surface area contributed by atoms with Crippen molar-refractivity contribution in [3.8, 4) is 0 Å². The van der Waals surface area contributed by atoms with Crippen LogP contribution in [0.3, 0.4) is 0 Å². The highest BCUT2D eigenvalue weighted by atomic mass is 79.9. The SMILES string of the molecule is Cc1cc(NC(=O)CCNc2ccc(N(C)C)cc2)ccc1Br. The highest BCUT2D eigenvalue weighted by Gasteiger charge is 2.04. The summed E-state index contributed by atoms with van der Waals surface area (Å²) in [6.45, 7) is 2.60. The lowest BCUT2D eigenvalue weighted by Gasteiger charge is -2.13. The van der Waals surface area contributed by atoms with Crippen molar-refractivity contribution in [3.05, 3.63) is 52.5 Å². The smallest absolute Gasteiger partial charge is 0.226 e. The zero-order valence-electron chi connectivity index (χ0n) is 13.7. The van der Waals surface area contributed by atoms with Crippen LogP contribution in [0.1, 0.15) is 12.0 Å². The number of halogens is 1. The van der Waals surface area contributed by atoms with Crippen LogP contribution in [0.4, 0.5) is 17.1 Å². The van der Waals surface area contributed by atoms with Gasteiger partial charge in [0.25, 0.3) is 0 Å². The molecule has 122 valence electrons. The number of carbonyl (C=O) groups is 1. The molecule has 0 aliphatic carbocycles. The second kappa shape index (κ2) is 8.02. The maximum absolute atomic E-state index is 12.0. The Kier molecular flexibility index (Phi) is 6.04. The first kappa shape index (κ1) is 17.3. The monoisotopic (exact) mass is 375 g/mol. The summed E-state index contributed by atoms with van der Waals surface area (Å²) in [5, 5.41) is 6.17. The maximum atomic E-state index is 12.0. The molecule has 0 aromatic heterocycles. The molecule has 0 aliphatic rings. The zero-order chi connectivity index (χ0) is 16.8. The molecule has 0 atom stereocenters. The van der Waals surface area contributed by atoms with Gasteiger partial charge in [-0.05, 0) is 55.0 Å². The van der Waals surface area contributed by atoms with E-state index in [1.165, 1.54) is 0 Å². The Labute approximate surface area is 146 Å². The first-order valence-electron chi connectivity index (χ1n) is 7.53. The van der Waals surface area contributed by atoms with Gasteiger partial charge in [-0.15, -0.1) is 0 Å². The minimum absolute atomic E-state index is 0.00383. The summed E-state index contributed by atoms with van der Waals surface area (Å²) in [5.41, 5.74) is 4.09. The highest BCUT2D eigenvalue weighted by Crippen LogP contribution is 2.20. The van der Waals surface area contributed by atoms with Gasteiger partial charge in [-0.1, -0.05) is 15.9 Å². The summed E-state index contributed by atoms with van der Waals surface area (Å²) in [4.78, 5) is 14.0. The topological polar surface area (TPSA) is 44.4 Å². The van der Waals surface area contributed by atoms with Crippen LogP contribution in [0, 0.1) is 6.92 Å². The third-order valence-electron chi connectivity index (χ3n) is 3.51. The number of carbonyl (C=O) groups excluding carboxylic acids is 1. The number of anilines is 3. The van der Waals surface area contributed by atoms with Gasteiger partial charge in [0, 0.05) is 48.6 Å². The van der Waals surface area contributed by atoms with E-state index >= 15 is 0 Å². The Morgan fingerprint density at radius 1 is 1.09 bits per heavy atom. The summed E-state index contributed by atoms with van der Waals surface area (Å²) in [6, 6.07) is 13.9.